The minimum absolute atomic E-state index is 0.108. The molecule has 0 aliphatic rings. The zero-order chi connectivity index (χ0) is 13.5. The van der Waals surface area contributed by atoms with E-state index in [9.17, 15) is 0 Å². The van der Waals surface area contributed by atoms with Crippen molar-refractivity contribution in [3.8, 4) is 5.75 Å². The number of para-hydroxylation sites is 1. The maximum Gasteiger partial charge on any atom is 0.229 e. The summed E-state index contributed by atoms with van der Waals surface area (Å²) in [5.41, 5.74) is 5.53. The average Bonchev–Trinajstić information content (AvgIpc) is 2.91. The Morgan fingerprint density at radius 2 is 2.11 bits per heavy atom. The lowest BCUT2D eigenvalue weighted by molar-refractivity contribution is 0.102. The van der Waals surface area contributed by atoms with Crippen LogP contribution in [0.25, 0.3) is 0 Å². The summed E-state index contributed by atoms with van der Waals surface area (Å²) in [4.78, 5) is 4.22. The van der Waals surface area contributed by atoms with Gasteiger partial charge in [-0.15, -0.1) is 0 Å². The Hall–Kier alpha value is -1.92. The van der Waals surface area contributed by atoms with Gasteiger partial charge in [-0.05, 0) is 12.1 Å². The molecular weight excluding hydrogens is 246 g/mol. The van der Waals surface area contributed by atoms with Gasteiger partial charge in [0.1, 0.15) is 5.75 Å². The minimum Gasteiger partial charge on any atom is -0.485 e. The van der Waals surface area contributed by atoms with Gasteiger partial charge in [-0.3, -0.25) is 0 Å². The number of aromatic nitrogens is 2. The van der Waals surface area contributed by atoms with Crippen LogP contribution in [-0.2, 0) is 17.8 Å². The second kappa shape index (κ2) is 6.86. The smallest absolute Gasteiger partial charge is 0.229 e. The zero-order valence-electron chi connectivity index (χ0n) is 10.8. The molecule has 0 saturated carbocycles. The van der Waals surface area contributed by atoms with Crippen molar-refractivity contribution in [3.63, 3.8) is 0 Å². The van der Waals surface area contributed by atoms with Gasteiger partial charge >= 0.3 is 0 Å². The summed E-state index contributed by atoms with van der Waals surface area (Å²) >= 11 is 0. The minimum atomic E-state index is -0.108. The number of methoxy groups -OCH3 is 1. The van der Waals surface area contributed by atoms with Crippen LogP contribution in [0.15, 0.2) is 34.9 Å². The van der Waals surface area contributed by atoms with Crippen LogP contribution in [0.1, 0.15) is 11.7 Å². The number of nitrogens with two attached hydrogens (primary N) is 1. The Kier molecular flexibility index (Phi) is 4.88. The van der Waals surface area contributed by atoms with Crippen molar-refractivity contribution in [2.45, 2.75) is 19.1 Å². The maximum atomic E-state index is 5.53. The van der Waals surface area contributed by atoms with E-state index >= 15 is 0 Å². The molecule has 102 valence electrons. The quantitative estimate of drug-likeness (QED) is 0.807. The molecule has 1 aromatic heterocycles. The number of hydrogen-bond donors (Lipinski definition) is 1. The molecule has 1 atom stereocenters. The van der Waals surface area contributed by atoms with Crippen molar-refractivity contribution in [2.75, 3.05) is 13.7 Å². The number of rotatable bonds is 7. The Bertz CT molecular complexity index is 483. The molecule has 1 heterocycles. The van der Waals surface area contributed by atoms with Crippen LogP contribution in [0.5, 0.6) is 5.75 Å². The molecule has 0 fully saturated rings. The van der Waals surface area contributed by atoms with Gasteiger partial charge < -0.3 is 19.7 Å². The van der Waals surface area contributed by atoms with Gasteiger partial charge in [0.05, 0.1) is 12.5 Å². The van der Waals surface area contributed by atoms with E-state index in [2.05, 4.69) is 10.1 Å². The lowest BCUT2D eigenvalue weighted by atomic mass is 10.2. The lowest BCUT2D eigenvalue weighted by Gasteiger charge is -2.08. The summed E-state index contributed by atoms with van der Waals surface area (Å²) < 4.78 is 15.8. The molecular formula is C13H17N3O3. The predicted molar refractivity (Wildman–Crippen MR) is 68.6 cm³/mol. The van der Waals surface area contributed by atoms with E-state index < -0.39 is 0 Å². The van der Waals surface area contributed by atoms with Crippen LogP contribution in [0.3, 0.4) is 0 Å². The van der Waals surface area contributed by atoms with Crippen LogP contribution in [0.2, 0.25) is 0 Å². The van der Waals surface area contributed by atoms with Crippen molar-refractivity contribution in [1.82, 2.24) is 10.1 Å². The molecule has 0 bridgehead atoms. The van der Waals surface area contributed by atoms with Crippen molar-refractivity contribution in [1.29, 1.82) is 0 Å². The molecule has 2 aromatic rings. The molecule has 1 aromatic carbocycles. The van der Waals surface area contributed by atoms with E-state index in [1.165, 1.54) is 0 Å². The normalized spacial score (nSPS) is 12.3. The summed E-state index contributed by atoms with van der Waals surface area (Å²) in [6.45, 7) is 0.683. The van der Waals surface area contributed by atoms with Gasteiger partial charge in [0.25, 0.3) is 0 Å². The monoisotopic (exact) mass is 263 g/mol. The van der Waals surface area contributed by atoms with E-state index in [0.717, 1.165) is 5.75 Å². The SMILES string of the molecule is COC(CN)Cc1nc(COc2ccccc2)no1. The Balaban J connectivity index is 1.87. The van der Waals surface area contributed by atoms with Crippen LogP contribution in [0.4, 0.5) is 0 Å². The zero-order valence-corrected chi connectivity index (χ0v) is 10.8. The van der Waals surface area contributed by atoms with Crippen molar-refractivity contribution >= 4 is 0 Å². The fourth-order valence-electron chi connectivity index (χ4n) is 1.55. The van der Waals surface area contributed by atoms with Crippen molar-refractivity contribution in [3.05, 3.63) is 42.0 Å². The summed E-state index contributed by atoms with van der Waals surface area (Å²) in [5, 5.41) is 3.85. The fourth-order valence-corrected chi connectivity index (χ4v) is 1.55. The Labute approximate surface area is 111 Å². The third-order valence-electron chi connectivity index (χ3n) is 2.62. The van der Waals surface area contributed by atoms with E-state index in [4.69, 9.17) is 19.7 Å². The van der Waals surface area contributed by atoms with Gasteiger partial charge in [0.2, 0.25) is 11.7 Å². The largest absolute Gasteiger partial charge is 0.485 e. The van der Waals surface area contributed by atoms with E-state index in [1.807, 2.05) is 30.3 Å². The highest BCUT2D eigenvalue weighted by Gasteiger charge is 2.13. The molecule has 1 unspecified atom stereocenters. The van der Waals surface area contributed by atoms with Crippen molar-refractivity contribution < 1.29 is 14.0 Å². The van der Waals surface area contributed by atoms with Crippen molar-refractivity contribution in [2.24, 2.45) is 5.73 Å². The topological polar surface area (TPSA) is 83.4 Å². The first-order valence-corrected chi connectivity index (χ1v) is 6.04. The molecule has 0 radical (unpaired) electrons. The molecule has 6 nitrogen and oxygen atoms in total. The average molecular weight is 263 g/mol. The molecule has 0 saturated heterocycles. The van der Waals surface area contributed by atoms with E-state index in [1.54, 1.807) is 7.11 Å². The van der Waals surface area contributed by atoms with Gasteiger partial charge in [-0.2, -0.15) is 4.98 Å². The van der Waals surface area contributed by atoms with Gasteiger partial charge in [-0.1, -0.05) is 23.4 Å². The fraction of sp³-hybridized carbons (Fsp3) is 0.385. The third-order valence-corrected chi connectivity index (χ3v) is 2.62. The first-order valence-electron chi connectivity index (χ1n) is 6.04. The van der Waals surface area contributed by atoms with Crippen LogP contribution >= 0.6 is 0 Å². The number of nitrogens with zero attached hydrogens (tertiary/aromatic N) is 2. The second-order valence-corrected chi connectivity index (χ2v) is 4.00. The molecule has 0 aliphatic heterocycles. The van der Waals surface area contributed by atoms with Gasteiger partial charge in [0.15, 0.2) is 6.61 Å². The molecule has 0 spiro atoms. The highest BCUT2D eigenvalue weighted by Crippen LogP contribution is 2.11. The molecule has 6 heteroatoms. The number of ether oxygens (including phenoxy) is 2. The molecule has 2 rings (SSSR count). The second-order valence-electron chi connectivity index (χ2n) is 4.00. The molecule has 19 heavy (non-hydrogen) atoms. The van der Waals surface area contributed by atoms with Gasteiger partial charge in [-0.25, -0.2) is 0 Å². The molecule has 2 N–H and O–H groups in total. The first-order chi connectivity index (χ1) is 9.31. The van der Waals surface area contributed by atoms with Crippen LogP contribution < -0.4 is 10.5 Å². The summed E-state index contributed by atoms with van der Waals surface area (Å²) in [6.07, 6.45) is 0.397. The third kappa shape index (κ3) is 4.04. The van der Waals surface area contributed by atoms with Crippen LogP contribution in [-0.4, -0.2) is 29.9 Å². The maximum absolute atomic E-state index is 5.53. The van der Waals surface area contributed by atoms with Crippen LogP contribution in [0, 0.1) is 0 Å². The summed E-state index contributed by atoms with van der Waals surface area (Å²) in [5.74, 6) is 1.78. The summed E-state index contributed by atoms with van der Waals surface area (Å²) in [7, 11) is 1.60. The predicted octanol–water partition coefficient (Wildman–Crippen LogP) is 1.16. The van der Waals surface area contributed by atoms with Gasteiger partial charge in [0, 0.05) is 13.7 Å². The number of hydrogen-bond acceptors (Lipinski definition) is 6. The highest BCUT2D eigenvalue weighted by atomic mass is 16.5. The van der Waals surface area contributed by atoms with E-state index in [0.29, 0.717) is 24.7 Å². The molecule has 0 amide bonds. The lowest BCUT2D eigenvalue weighted by Crippen LogP contribution is -2.24. The summed E-state index contributed by atoms with van der Waals surface area (Å²) in [6, 6.07) is 9.48. The molecule has 0 aliphatic carbocycles. The Morgan fingerprint density at radius 1 is 1.32 bits per heavy atom. The standard InChI is InChI=1S/C13H17N3O3/c1-17-11(8-14)7-13-15-12(16-19-13)9-18-10-5-3-2-4-6-10/h2-6,11H,7-9,14H2,1H3. The highest BCUT2D eigenvalue weighted by molar-refractivity contribution is 5.20. The first kappa shape index (κ1) is 13.5. The van der Waals surface area contributed by atoms with E-state index in [-0.39, 0.29) is 12.7 Å². The Morgan fingerprint density at radius 3 is 2.79 bits per heavy atom. The number of benzene rings is 1.